The van der Waals surface area contributed by atoms with Crippen LogP contribution < -0.4 is 0 Å². The third kappa shape index (κ3) is 58.9. The van der Waals surface area contributed by atoms with Crippen molar-refractivity contribution in [2.75, 3.05) is 13.2 Å². The van der Waals surface area contributed by atoms with E-state index in [1.807, 2.05) is 0 Å². The minimum absolute atomic E-state index is 0.0649. The van der Waals surface area contributed by atoms with Crippen molar-refractivity contribution in [1.82, 2.24) is 0 Å². The van der Waals surface area contributed by atoms with Crippen LogP contribution in [0.4, 0.5) is 0 Å². The molecule has 0 saturated carbocycles. The van der Waals surface area contributed by atoms with Crippen molar-refractivity contribution in [2.45, 2.75) is 374 Å². The van der Waals surface area contributed by atoms with E-state index in [2.05, 4.69) is 32.9 Å². The number of allylic oxidation sites excluding steroid dienone is 2. The SMILES string of the molecule is CCCCCCCCCC/C=C\CCCCCCCCCCCC(=O)OC(COC(=O)CCCCCCCCCC)COC(=O)CCCCCCCCCCCCCCCCCCCCCCCCCC. The third-order valence-corrected chi connectivity index (χ3v) is 14.8. The Morgan fingerprint density at radius 2 is 0.465 bits per heavy atom. The van der Waals surface area contributed by atoms with Crippen LogP contribution in [0.5, 0.6) is 0 Å². The van der Waals surface area contributed by atoms with E-state index in [1.54, 1.807) is 0 Å². The number of hydrogen-bond donors (Lipinski definition) is 0. The van der Waals surface area contributed by atoms with Gasteiger partial charge < -0.3 is 14.2 Å². The molecule has 71 heavy (non-hydrogen) atoms. The predicted octanol–water partition coefficient (Wildman–Crippen LogP) is 21.7. The largest absolute Gasteiger partial charge is 0.462 e. The summed E-state index contributed by atoms with van der Waals surface area (Å²) >= 11 is 0. The molecule has 0 aromatic carbocycles. The van der Waals surface area contributed by atoms with Gasteiger partial charge in [-0.05, 0) is 44.9 Å². The second-order valence-corrected chi connectivity index (χ2v) is 22.0. The van der Waals surface area contributed by atoms with E-state index in [4.69, 9.17) is 14.2 Å². The number of rotatable bonds is 60. The Morgan fingerprint density at radius 1 is 0.268 bits per heavy atom. The summed E-state index contributed by atoms with van der Waals surface area (Å²) < 4.78 is 16.9. The van der Waals surface area contributed by atoms with Gasteiger partial charge in [-0.15, -0.1) is 0 Å². The van der Waals surface area contributed by atoms with E-state index in [0.717, 1.165) is 57.8 Å². The quantitative estimate of drug-likeness (QED) is 0.0261. The van der Waals surface area contributed by atoms with Crippen LogP contribution in [-0.4, -0.2) is 37.2 Å². The number of hydrogen-bond acceptors (Lipinski definition) is 6. The Balaban J connectivity index is 4.11. The highest BCUT2D eigenvalue weighted by Gasteiger charge is 2.19. The molecule has 1 unspecified atom stereocenters. The molecule has 0 N–H and O–H groups in total. The molecule has 0 heterocycles. The first-order chi connectivity index (χ1) is 35.0. The molecule has 0 aliphatic rings. The highest BCUT2D eigenvalue weighted by atomic mass is 16.6. The Labute approximate surface area is 443 Å². The lowest BCUT2D eigenvalue weighted by Crippen LogP contribution is -2.30. The summed E-state index contributed by atoms with van der Waals surface area (Å²) in [7, 11) is 0. The van der Waals surface area contributed by atoms with E-state index in [1.165, 1.54) is 270 Å². The van der Waals surface area contributed by atoms with E-state index in [-0.39, 0.29) is 31.1 Å². The fourth-order valence-electron chi connectivity index (χ4n) is 9.91. The van der Waals surface area contributed by atoms with Crippen LogP contribution in [0.25, 0.3) is 0 Å². The van der Waals surface area contributed by atoms with Gasteiger partial charge in [0.1, 0.15) is 13.2 Å². The Bertz CT molecular complexity index is 1100. The molecule has 0 radical (unpaired) electrons. The maximum atomic E-state index is 12.9. The minimum Gasteiger partial charge on any atom is -0.462 e. The molecule has 0 saturated heterocycles. The summed E-state index contributed by atoms with van der Waals surface area (Å²) in [6.45, 7) is 6.68. The molecule has 0 spiro atoms. The zero-order valence-corrected chi connectivity index (χ0v) is 48.3. The van der Waals surface area contributed by atoms with Gasteiger partial charge in [-0.25, -0.2) is 0 Å². The molecule has 6 nitrogen and oxygen atoms in total. The van der Waals surface area contributed by atoms with E-state index < -0.39 is 6.10 Å². The van der Waals surface area contributed by atoms with Gasteiger partial charge in [0, 0.05) is 19.3 Å². The molecule has 0 rings (SSSR count). The van der Waals surface area contributed by atoms with Crippen molar-refractivity contribution in [1.29, 1.82) is 0 Å². The molecule has 1 atom stereocenters. The number of ether oxygens (including phenoxy) is 3. The van der Waals surface area contributed by atoms with Gasteiger partial charge in [0.2, 0.25) is 0 Å². The summed E-state index contributed by atoms with van der Waals surface area (Å²) in [5.74, 6) is -0.844. The van der Waals surface area contributed by atoms with Crippen LogP contribution in [-0.2, 0) is 28.6 Å². The summed E-state index contributed by atoms with van der Waals surface area (Å²) in [6.07, 6.45) is 71.0. The maximum Gasteiger partial charge on any atom is 0.306 e. The molecule has 0 aromatic heterocycles. The molecule has 0 fully saturated rings. The van der Waals surface area contributed by atoms with Gasteiger partial charge in [0.25, 0.3) is 0 Å². The first-order valence-corrected chi connectivity index (χ1v) is 32.2. The molecule has 0 aliphatic heterocycles. The minimum atomic E-state index is -0.765. The molecular weight excluding hydrogens is 877 g/mol. The van der Waals surface area contributed by atoms with Crippen LogP contribution in [0.15, 0.2) is 12.2 Å². The highest BCUT2D eigenvalue weighted by molar-refractivity contribution is 5.71. The second-order valence-electron chi connectivity index (χ2n) is 22.0. The normalized spacial score (nSPS) is 12.0. The van der Waals surface area contributed by atoms with Crippen molar-refractivity contribution in [2.24, 2.45) is 0 Å². The lowest BCUT2D eigenvalue weighted by atomic mass is 10.0. The molecule has 0 bridgehead atoms. The van der Waals surface area contributed by atoms with Crippen LogP contribution in [0.1, 0.15) is 367 Å². The number of unbranched alkanes of at least 4 members (excludes halogenated alkanes) is 47. The molecule has 0 aliphatic carbocycles. The van der Waals surface area contributed by atoms with Gasteiger partial charge >= 0.3 is 17.9 Å². The van der Waals surface area contributed by atoms with Crippen molar-refractivity contribution in [3.8, 4) is 0 Å². The average Bonchev–Trinajstić information content (AvgIpc) is 3.37. The number of esters is 3. The number of carbonyl (C=O) groups excluding carboxylic acids is 3. The maximum absolute atomic E-state index is 12.9. The molecular formula is C65H124O6. The summed E-state index contributed by atoms with van der Waals surface area (Å²) in [5.41, 5.74) is 0. The molecule has 6 heteroatoms. The van der Waals surface area contributed by atoms with Gasteiger partial charge in [0.15, 0.2) is 6.10 Å². The lowest BCUT2D eigenvalue weighted by Gasteiger charge is -2.18. The summed E-state index contributed by atoms with van der Waals surface area (Å²) in [4.78, 5) is 38.1. The first kappa shape index (κ1) is 69.2. The van der Waals surface area contributed by atoms with E-state index >= 15 is 0 Å². The zero-order valence-electron chi connectivity index (χ0n) is 48.3. The average molecular weight is 1000 g/mol. The Hall–Kier alpha value is -1.85. The van der Waals surface area contributed by atoms with Crippen LogP contribution in [0.3, 0.4) is 0 Å². The van der Waals surface area contributed by atoms with Crippen molar-refractivity contribution in [3.63, 3.8) is 0 Å². The molecule has 0 amide bonds. The van der Waals surface area contributed by atoms with Crippen LogP contribution in [0, 0.1) is 0 Å². The number of carbonyl (C=O) groups is 3. The second kappa shape index (κ2) is 60.7. The standard InChI is InChI=1S/C65H124O6/c1-4-7-10-13-16-19-21-23-25-27-29-31-32-33-35-36-38-40-42-44-46-49-52-55-58-64(67)70-61-62(60-69-63(66)57-54-51-48-18-15-12-9-6-3)71-65(68)59-56-53-50-47-45-43-41-39-37-34-30-28-26-24-22-20-17-14-11-8-5-2/h28,30,62H,4-27,29,31-61H2,1-3H3/b30-28-. The Morgan fingerprint density at radius 3 is 0.704 bits per heavy atom. The van der Waals surface area contributed by atoms with Crippen LogP contribution in [0.2, 0.25) is 0 Å². The summed E-state index contributed by atoms with van der Waals surface area (Å²) in [5, 5.41) is 0. The third-order valence-electron chi connectivity index (χ3n) is 14.8. The first-order valence-electron chi connectivity index (χ1n) is 32.2. The van der Waals surface area contributed by atoms with Crippen LogP contribution >= 0.6 is 0 Å². The fraction of sp³-hybridized carbons (Fsp3) is 0.923. The van der Waals surface area contributed by atoms with Gasteiger partial charge in [-0.1, -0.05) is 315 Å². The van der Waals surface area contributed by atoms with Gasteiger partial charge in [0.05, 0.1) is 0 Å². The van der Waals surface area contributed by atoms with Gasteiger partial charge in [-0.3, -0.25) is 14.4 Å². The topological polar surface area (TPSA) is 78.9 Å². The van der Waals surface area contributed by atoms with E-state index in [9.17, 15) is 14.4 Å². The zero-order chi connectivity index (χ0) is 51.4. The van der Waals surface area contributed by atoms with Gasteiger partial charge in [-0.2, -0.15) is 0 Å². The summed E-state index contributed by atoms with van der Waals surface area (Å²) in [6, 6.07) is 0. The van der Waals surface area contributed by atoms with Crippen molar-refractivity contribution in [3.05, 3.63) is 12.2 Å². The highest BCUT2D eigenvalue weighted by Crippen LogP contribution is 2.18. The molecule has 0 aromatic rings. The monoisotopic (exact) mass is 1000 g/mol. The van der Waals surface area contributed by atoms with E-state index in [0.29, 0.717) is 19.3 Å². The Kier molecular flexibility index (Phi) is 59.1. The predicted molar refractivity (Wildman–Crippen MR) is 307 cm³/mol. The fourth-order valence-corrected chi connectivity index (χ4v) is 9.91. The smallest absolute Gasteiger partial charge is 0.306 e. The van der Waals surface area contributed by atoms with Crippen molar-refractivity contribution < 1.29 is 28.6 Å². The lowest BCUT2D eigenvalue weighted by molar-refractivity contribution is -0.167. The molecule has 420 valence electrons. The van der Waals surface area contributed by atoms with Crippen molar-refractivity contribution >= 4 is 17.9 Å².